The van der Waals surface area contributed by atoms with Gasteiger partial charge < -0.3 is 19.7 Å². The highest BCUT2D eigenvalue weighted by molar-refractivity contribution is 5.89. The third-order valence-corrected chi connectivity index (χ3v) is 11.1. The van der Waals surface area contributed by atoms with Crippen molar-refractivity contribution in [2.45, 2.75) is 89.8 Å². The molecule has 54 heavy (non-hydrogen) atoms. The van der Waals surface area contributed by atoms with Crippen molar-refractivity contribution in [2.75, 3.05) is 49.6 Å². The third kappa shape index (κ3) is 7.81. The number of amides is 2. The maximum absolute atomic E-state index is 13.8. The number of rotatable bonds is 9. The minimum atomic E-state index is -0.267. The lowest BCUT2D eigenvalue weighted by atomic mass is 9.85. The number of pyridine rings is 1. The Kier molecular flexibility index (Phi) is 10.3. The molecule has 2 saturated heterocycles. The Hall–Kier alpha value is -4.94. The van der Waals surface area contributed by atoms with Crippen LogP contribution in [-0.2, 0) is 16.6 Å². The molecule has 3 aliphatic rings. The van der Waals surface area contributed by atoms with Crippen molar-refractivity contribution in [1.29, 1.82) is 0 Å². The van der Waals surface area contributed by atoms with Crippen molar-refractivity contribution in [3.05, 3.63) is 95.3 Å². The standard InChI is InChI=1S/C42H53N9O3/c1-29-10-7-8-20-49(29)41-46-45-38-18-15-32(28-50(38)41)54-36-17-16-35(33-13-5-6-14-34(33)36)43-40(52)44-39-27-37(42(2,3)4)47-51(39)31-12-9-11-30(26-31)19-21-48-22-24-53-25-23-48/h5-6,9,11-15,18,26-29,35-36H,7-8,10,16-17,19-25H2,1-4H3,(H2,43,44,52)/t29?,35-,36+/m0/s1. The van der Waals surface area contributed by atoms with E-state index < -0.39 is 0 Å². The minimum absolute atomic E-state index is 0.153. The first kappa shape index (κ1) is 36.1. The second-order valence-corrected chi connectivity index (χ2v) is 16.0. The number of ether oxygens (including phenoxy) is 2. The number of nitrogens with one attached hydrogen (secondary N) is 2. The highest BCUT2D eigenvalue weighted by Gasteiger charge is 2.31. The second kappa shape index (κ2) is 15.4. The van der Waals surface area contributed by atoms with Crippen LogP contribution in [-0.4, -0.2) is 80.7 Å². The summed E-state index contributed by atoms with van der Waals surface area (Å²) in [7, 11) is 0. The van der Waals surface area contributed by atoms with E-state index in [4.69, 9.17) is 14.6 Å². The lowest BCUT2D eigenvalue weighted by Crippen LogP contribution is -2.38. The average Bonchev–Trinajstić information content (AvgIpc) is 3.80. The number of anilines is 2. The number of hydrogen-bond acceptors (Lipinski definition) is 8. The smallest absolute Gasteiger partial charge is 0.320 e. The molecule has 2 amide bonds. The average molecular weight is 732 g/mol. The lowest BCUT2D eigenvalue weighted by molar-refractivity contribution is 0.0384. The summed E-state index contributed by atoms with van der Waals surface area (Å²) >= 11 is 0. The van der Waals surface area contributed by atoms with Gasteiger partial charge in [-0.15, -0.1) is 10.2 Å². The summed E-state index contributed by atoms with van der Waals surface area (Å²) in [6, 6.07) is 22.7. The van der Waals surface area contributed by atoms with Crippen molar-refractivity contribution in [3.63, 3.8) is 0 Å². The van der Waals surface area contributed by atoms with Crippen LogP contribution in [0.5, 0.6) is 5.75 Å². The molecule has 0 spiro atoms. The fourth-order valence-electron chi connectivity index (χ4n) is 8.01. The number of fused-ring (bicyclic) bond motifs is 2. The summed E-state index contributed by atoms with van der Waals surface area (Å²) < 4.78 is 16.1. The van der Waals surface area contributed by atoms with Gasteiger partial charge in [0.15, 0.2) is 5.65 Å². The van der Waals surface area contributed by atoms with E-state index in [1.165, 1.54) is 12.0 Å². The molecule has 2 fully saturated rings. The van der Waals surface area contributed by atoms with Crippen LogP contribution in [0, 0.1) is 0 Å². The topological polar surface area (TPSA) is 114 Å². The molecule has 1 aliphatic carbocycles. The van der Waals surface area contributed by atoms with Gasteiger partial charge in [-0.25, -0.2) is 9.48 Å². The number of hydrogen-bond donors (Lipinski definition) is 2. The monoisotopic (exact) mass is 731 g/mol. The van der Waals surface area contributed by atoms with E-state index in [1.54, 1.807) is 0 Å². The number of aromatic nitrogens is 5. The molecule has 3 atom stereocenters. The number of piperidine rings is 1. The number of morpholine rings is 1. The molecule has 12 nitrogen and oxygen atoms in total. The van der Waals surface area contributed by atoms with Gasteiger partial charge in [-0.1, -0.05) is 57.2 Å². The Balaban J connectivity index is 0.974. The van der Waals surface area contributed by atoms with Crippen LogP contribution in [0.1, 0.15) is 94.3 Å². The molecular formula is C42H53N9O3. The van der Waals surface area contributed by atoms with Crippen molar-refractivity contribution < 1.29 is 14.3 Å². The minimum Gasteiger partial charge on any atom is -0.484 e. The van der Waals surface area contributed by atoms with Crippen LogP contribution in [0.4, 0.5) is 16.6 Å². The molecule has 2 aromatic carbocycles. The van der Waals surface area contributed by atoms with Crippen LogP contribution in [0.2, 0.25) is 0 Å². The summed E-state index contributed by atoms with van der Waals surface area (Å²) in [4.78, 5) is 18.6. The van der Waals surface area contributed by atoms with Gasteiger partial charge in [0.25, 0.3) is 0 Å². The van der Waals surface area contributed by atoms with Gasteiger partial charge >= 0.3 is 6.03 Å². The van der Waals surface area contributed by atoms with Gasteiger partial charge in [-0.2, -0.15) is 5.10 Å². The molecule has 2 aliphatic heterocycles. The van der Waals surface area contributed by atoms with Crippen molar-refractivity contribution in [2.24, 2.45) is 0 Å². The number of urea groups is 1. The fourth-order valence-corrected chi connectivity index (χ4v) is 8.01. The zero-order valence-electron chi connectivity index (χ0n) is 32.0. The Morgan fingerprint density at radius 2 is 1.76 bits per heavy atom. The van der Waals surface area contributed by atoms with Crippen LogP contribution < -0.4 is 20.3 Å². The van der Waals surface area contributed by atoms with E-state index in [0.29, 0.717) is 11.9 Å². The van der Waals surface area contributed by atoms with Gasteiger partial charge in [0.2, 0.25) is 5.95 Å². The highest BCUT2D eigenvalue weighted by Crippen LogP contribution is 2.39. The molecule has 0 bridgehead atoms. The summed E-state index contributed by atoms with van der Waals surface area (Å²) in [6.45, 7) is 14.2. The van der Waals surface area contributed by atoms with E-state index >= 15 is 0 Å². The molecule has 0 saturated carbocycles. The third-order valence-electron chi connectivity index (χ3n) is 11.1. The van der Waals surface area contributed by atoms with E-state index in [-0.39, 0.29) is 23.6 Å². The summed E-state index contributed by atoms with van der Waals surface area (Å²) in [5, 5.41) is 20.4. The molecule has 3 aromatic heterocycles. The van der Waals surface area contributed by atoms with Crippen molar-refractivity contribution in [1.82, 2.24) is 34.6 Å². The first-order valence-electron chi connectivity index (χ1n) is 19.6. The van der Waals surface area contributed by atoms with Crippen molar-refractivity contribution >= 4 is 23.4 Å². The van der Waals surface area contributed by atoms with E-state index in [1.807, 2.05) is 47.3 Å². The molecule has 5 heterocycles. The van der Waals surface area contributed by atoms with Crippen LogP contribution in [0.25, 0.3) is 11.3 Å². The van der Waals surface area contributed by atoms with E-state index in [2.05, 4.69) is 93.1 Å². The van der Waals surface area contributed by atoms with Gasteiger partial charge in [-0.3, -0.25) is 14.6 Å². The lowest BCUT2D eigenvalue weighted by Gasteiger charge is -2.33. The summed E-state index contributed by atoms with van der Waals surface area (Å²) in [5.41, 5.74) is 5.81. The molecule has 5 aromatic rings. The zero-order valence-corrected chi connectivity index (χ0v) is 32.0. The molecular weight excluding hydrogens is 679 g/mol. The van der Waals surface area contributed by atoms with Crippen LogP contribution in [0.15, 0.2) is 72.9 Å². The van der Waals surface area contributed by atoms with Gasteiger partial charge in [0.05, 0.1) is 36.8 Å². The summed E-state index contributed by atoms with van der Waals surface area (Å²) in [6.07, 6.45) is 7.84. The Bertz CT molecular complexity index is 2080. The van der Waals surface area contributed by atoms with E-state index in [0.717, 1.165) is 111 Å². The maximum Gasteiger partial charge on any atom is 0.320 e. The number of nitrogens with zero attached hydrogens (tertiary/aromatic N) is 7. The molecule has 12 heteroatoms. The summed E-state index contributed by atoms with van der Waals surface area (Å²) in [5.74, 6) is 2.27. The molecule has 284 valence electrons. The molecule has 8 rings (SSSR count). The molecule has 1 unspecified atom stereocenters. The molecule has 0 radical (unpaired) electrons. The Morgan fingerprint density at radius 1 is 0.926 bits per heavy atom. The quantitative estimate of drug-likeness (QED) is 0.163. The zero-order chi connectivity index (χ0) is 37.2. The Morgan fingerprint density at radius 3 is 2.57 bits per heavy atom. The van der Waals surface area contributed by atoms with Crippen LogP contribution >= 0.6 is 0 Å². The first-order valence-corrected chi connectivity index (χ1v) is 19.6. The first-order chi connectivity index (χ1) is 26.2. The largest absolute Gasteiger partial charge is 0.484 e. The van der Waals surface area contributed by atoms with Crippen molar-refractivity contribution in [3.8, 4) is 11.4 Å². The second-order valence-electron chi connectivity index (χ2n) is 16.0. The predicted molar refractivity (Wildman–Crippen MR) is 211 cm³/mol. The maximum atomic E-state index is 13.8. The van der Waals surface area contributed by atoms with Gasteiger partial charge in [0, 0.05) is 43.7 Å². The van der Waals surface area contributed by atoms with Crippen LogP contribution in [0.3, 0.4) is 0 Å². The van der Waals surface area contributed by atoms with E-state index in [9.17, 15) is 4.79 Å². The normalized spacial score (nSPS) is 20.8. The number of benzene rings is 2. The predicted octanol–water partition coefficient (Wildman–Crippen LogP) is 7.24. The SMILES string of the molecule is CC1CCCCN1c1nnc2ccc(O[C@@H]3CC[C@H](NC(=O)Nc4cc(C(C)(C)C)nn4-c4cccc(CCN5CCOCC5)c4)c4ccccc43)cn12. The van der Waals surface area contributed by atoms with Gasteiger partial charge in [-0.05, 0) is 86.4 Å². The fraction of sp³-hybridized carbons (Fsp3) is 0.476. The highest BCUT2D eigenvalue weighted by atomic mass is 16.5. The number of carbonyl (C=O) groups excluding carboxylic acids is 1. The Labute approximate surface area is 317 Å². The molecule has 2 N–H and O–H groups in total. The number of carbonyl (C=O) groups is 1. The van der Waals surface area contributed by atoms with Gasteiger partial charge in [0.1, 0.15) is 17.7 Å².